The van der Waals surface area contributed by atoms with Crippen LogP contribution in [0.5, 0.6) is 0 Å². The first-order valence-electron chi connectivity index (χ1n) is 10.7. The van der Waals surface area contributed by atoms with Crippen LogP contribution in [0.2, 0.25) is 0 Å². The first kappa shape index (κ1) is 20.9. The molecule has 0 spiro atoms. The summed E-state index contributed by atoms with van der Waals surface area (Å²) in [6, 6.07) is 18.2. The monoisotopic (exact) mass is 452 g/mol. The maximum Gasteiger partial charge on any atom is 0.187 e. The van der Waals surface area contributed by atoms with Gasteiger partial charge in [0.2, 0.25) is 0 Å². The van der Waals surface area contributed by atoms with Gasteiger partial charge in [0.25, 0.3) is 0 Å². The molecule has 2 N–H and O–H groups in total. The minimum atomic E-state index is 0.811. The average Bonchev–Trinajstić information content (AvgIpc) is 3.39. The average molecular weight is 453 g/mol. The van der Waals surface area contributed by atoms with Gasteiger partial charge in [-0.2, -0.15) is 0 Å². The number of rotatable bonds is 6. The highest BCUT2D eigenvalue weighted by atomic mass is 32.1. The zero-order chi connectivity index (χ0) is 22.9. The molecule has 4 aromatic heterocycles. The van der Waals surface area contributed by atoms with Gasteiger partial charge in [-0.15, -0.1) is 0 Å². The molecule has 0 unspecified atom stereocenters. The van der Waals surface area contributed by atoms with Gasteiger partial charge >= 0.3 is 0 Å². The normalized spacial score (nSPS) is 11.0. The van der Waals surface area contributed by atoms with Crippen molar-refractivity contribution in [1.82, 2.24) is 19.4 Å². The van der Waals surface area contributed by atoms with Gasteiger partial charge in [-0.05, 0) is 62.7 Å². The Morgan fingerprint density at radius 2 is 1.82 bits per heavy atom. The van der Waals surface area contributed by atoms with Gasteiger partial charge in [-0.1, -0.05) is 36.1 Å². The number of hydrogen-bond donors (Lipinski definition) is 2. The van der Waals surface area contributed by atoms with E-state index in [2.05, 4.69) is 50.6 Å². The van der Waals surface area contributed by atoms with Crippen molar-refractivity contribution in [2.45, 2.75) is 20.8 Å². The molecule has 0 radical (unpaired) electrons. The molecule has 5 rings (SSSR count). The summed E-state index contributed by atoms with van der Waals surface area (Å²) in [7, 11) is 0. The van der Waals surface area contributed by atoms with E-state index in [9.17, 15) is 0 Å². The second-order valence-electron chi connectivity index (χ2n) is 7.88. The van der Waals surface area contributed by atoms with Crippen molar-refractivity contribution in [2.24, 2.45) is 0 Å². The summed E-state index contributed by atoms with van der Waals surface area (Å²) in [6.07, 6.45) is 3.69. The number of pyridine rings is 2. The highest BCUT2D eigenvalue weighted by molar-refractivity contribution is 7.18. The Bertz CT molecular complexity index is 1480. The predicted molar refractivity (Wildman–Crippen MR) is 137 cm³/mol. The molecule has 0 saturated heterocycles. The Balaban J connectivity index is 1.38. The van der Waals surface area contributed by atoms with E-state index in [0.717, 1.165) is 61.1 Å². The minimum absolute atomic E-state index is 0.811. The lowest BCUT2D eigenvalue weighted by molar-refractivity contribution is 1.10. The van der Waals surface area contributed by atoms with Gasteiger partial charge in [0, 0.05) is 29.5 Å². The van der Waals surface area contributed by atoms with Crippen LogP contribution >= 0.6 is 11.3 Å². The predicted octanol–water partition coefficient (Wildman–Crippen LogP) is 6.60. The second-order valence-corrected chi connectivity index (χ2v) is 8.91. The molecule has 0 amide bonds. The standard InChI is InChI=1S/C26H24N6S/c1-16-8-5-12-24-30-19(4)25(32(16)24)23-15-28-26(33-23)31-21-10-6-9-20(14-21)17(2)29-22-11-7-13-27-18(22)3/h5-15,29H,2H2,1,3-4H3,(H,28,31). The zero-order valence-corrected chi connectivity index (χ0v) is 19.6. The van der Waals surface area contributed by atoms with Crippen LogP contribution in [0, 0.1) is 20.8 Å². The van der Waals surface area contributed by atoms with Crippen LogP contribution in [-0.2, 0) is 0 Å². The molecule has 0 bridgehead atoms. The summed E-state index contributed by atoms with van der Waals surface area (Å²) in [6.45, 7) is 10.3. The number of anilines is 3. The third-order valence-corrected chi connectivity index (χ3v) is 6.43. The number of thiazole rings is 1. The molecular weight excluding hydrogens is 428 g/mol. The molecular formula is C26H24N6S. The SMILES string of the molecule is C=C(Nc1cccnc1C)c1cccc(Nc2ncc(-c3c(C)nc4cccc(C)n34)s2)c1. The van der Waals surface area contributed by atoms with E-state index in [1.165, 1.54) is 0 Å². The Hall–Kier alpha value is -3.97. The van der Waals surface area contributed by atoms with Crippen LogP contribution in [0.25, 0.3) is 21.9 Å². The molecule has 33 heavy (non-hydrogen) atoms. The third-order valence-electron chi connectivity index (χ3n) is 5.51. The second kappa shape index (κ2) is 8.52. The molecule has 0 aliphatic heterocycles. The number of fused-ring (bicyclic) bond motifs is 1. The van der Waals surface area contributed by atoms with E-state index in [4.69, 9.17) is 4.98 Å². The number of aryl methyl sites for hydroxylation is 3. The van der Waals surface area contributed by atoms with Crippen LogP contribution in [0.15, 0.2) is 73.6 Å². The van der Waals surface area contributed by atoms with Crippen LogP contribution < -0.4 is 10.6 Å². The summed E-state index contributed by atoms with van der Waals surface area (Å²) >= 11 is 1.61. The van der Waals surface area contributed by atoms with Crippen molar-refractivity contribution in [3.8, 4) is 10.6 Å². The van der Waals surface area contributed by atoms with Crippen molar-refractivity contribution < 1.29 is 0 Å². The minimum Gasteiger partial charge on any atom is -0.354 e. The Morgan fingerprint density at radius 1 is 0.970 bits per heavy atom. The summed E-state index contributed by atoms with van der Waals surface area (Å²) in [5.74, 6) is 0. The summed E-state index contributed by atoms with van der Waals surface area (Å²) in [4.78, 5) is 14.7. The fourth-order valence-electron chi connectivity index (χ4n) is 3.86. The smallest absolute Gasteiger partial charge is 0.187 e. The van der Waals surface area contributed by atoms with E-state index >= 15 is 0 Å². The first-order valence-corrected chi connectivity index (χ1v) is 11.5. The number of nitrogens with zero attached hydrogens (tertiary/aromatic N) is 4. The van der Waals surface area contributed by atoms with E-state index in [-0.39, 0.29) is 0 Å². The van der Waals surface area contributed by atoms with E-state index in [1.54, 1.807) is 17.5 Å². The summed E-state index contributed by atoms with van der Waals surface area (Å²) in [5, 5.41) is 7.62. The highest BCUT2D eigenvalue weighted by Crippen LogP contribution is 2.34. The van der Waals surface area contributed by atoms with E-state index in [0.29, 0.717) is 0 Å². The van der Waals surface area contributed by atoms with Crippen molar-refractivity contribution in [3.63, 3.8) is 0 Å². The number of nitrogens with one attached hydrogen (secondary N) is 2. The number of imidazole rings is 1. The molecule has 6 nitrogen and oxygen atoms in total. The van der Waals surface area contributed by atoms with Gasteiger partial charge in [0.05, 0.1) is 27.6 Å². The zero-order valence-electron chi connectivity index (χ0n) is 18.8. The molecule has 4 heterocycles. The molecule has 0 aliphatic carbocycles. The van der Waals surface area contributed by atoms with Crippen LogP contribution in [-0.4, -0.2) is 19.4 Å². The van der Waals surface area contributed by atoms with Crippen molar-refractivity contribution in [2.75, 3.05) is 10.6 Å². The quantitative estimate of drug-likeness (QED) is 0.304. The Morgan fingerprint density at radius 3 is 2.67 bits per heavy atom. The van der Waals surface area contributed by atoms with Gasteiger partial charge in [0.15, 0.2) is 5.13 Å². The first-order chi connectivity index (χ1) is 16.0. The fourth-order valence-corrected chi connectivity index (χ4v) is 4.78. The Kier molecular flexibility index (Phi) is 5.40. The maximum absolute atomic E-state index is 4.72. The van der Waals surface area contributed by atoms with Crippen molar-refractivity contribution in [3.05, 3.63) is 96.2 Å². The topological polar surface area (TPSA) is 67.1 Å². The number of benzene rings is 1. The van der Waals surface area contributed by atoms with Crippen LogP contribution in [0.4, 0.5) is 16.5 Å². The lowest BCUT2D eigenvalue weighted by atomic mass is 10.1. The molecule has 0 aliphatic rings. The van der Waals surface area contributed by atoms with Crippen LogP contribution in [0.3, 0.4) is 0 Å². The molecule has 0 atom stereocenters. The van der Waals surface area contributed by atoms with Crippen LogP contribution in [0.1, 0.15) is 22.6 Å². The summed E-state index contributed by atoms with van der Waals surface area (Å²) < 4.78 is 2.18. The van der Waals surface area contributed by atoms with Gasteiger partial charge in [-0.3, -0.25) is 9.38 Å². The molecule has 5 aromatic rings. The van der Waals surface area contributed by atoms with Crippen molar-refractivity contribution in [1.29, 1.82) is 0 Å². The highest BCUT2D eigenvalue weighted by Gasteiger charge is 2.15. The summed E-state index contributed by atoms with van der Waals surface area (Å²) in [5.41, 5.74) is 8.82. The Labute approximate surface area is 196 Å². The molecule has 0 saturated carbocycles. The number of hydrogen-bond acceptors (Lipinski definition) is 6. The largest absolute Gasteiger partial charge is 0.354 e. The molecule has 164 valence electrons. The molecule has 1 aromatic carbocycles. The van der Waals surface area contributed by atoms with Gasteiger partial charge < -0.3 is 10.6 Å². The van der Waals surface area contributed by atoms with E-state index < -0.39 is 0 Å². The van der Waals surface area contributed by atoms with Gasteiger partial charge in [-0.25, -0.2) is 9.97 Å². The fraction of sp³-hybridized carbons (Fsp3) is 0.115. The third kappa shape index (κ3) is 4.10. The maximum atomic E-state index is 4.72. The van der Waals surface area contributed by atoms with E-state index in [1.807, 2.05) is 62.5 Å². The molecule has 0 fully saturated rings. The molecule has 7 heteroatoms. The van der Waals surface area contributed by atoms with Gasteiger partial charge in [0.1, 0.15) is 5.65 Å². The van der Waals surface area contributed by atoms with Crippen molar-refractivity contribution >= 4 is 39.2 Å². The lowest BCUT2D eigenvalue weighted by Gasteiger charge is -2.12. The lowest BCUT2D eigenvalue weighted by Crippen LogP contribution is -2.00. The number of aromatic nitrogens is 4.